The molecule has 0 saturated carbocycles. The number of hydrogen-bond donors (Lipinski definition) is 2. The van der Waals surface area contributed by atoms with Crippen LogP contribution >= 0.6 is 31.9 Å². The van der Waals surface area contributed by atoms with Crippen LogP contribution in [-0.4, -0.2) is 44.2 Å². The topological polar surface area (TPSA) is 142 Å². The summed E-state index contributed by atoms with van der Waals surface area (Å²) in [6.45, 7) is 1.26. The van der Waals surface area contributed by atoms with Crippen molar-refractivity contribution < 1.29 is 38.1 Å². The van der Waals surface area contributed by atoms with E-state index in [4.69, 9.17) is 18.9 Å². The fraction of sp³-hybridized carbons (Fsp3) is 0.0938. The number of hydrazone groups is 1. The van der Waals surface area contributed by atoms with Gasteiger partial charge < -0.3 is 24.3 Å². The molecule has 0 radical (unpaired) electrons. The standard InChI is InChI=1S/C32H25Br2N3O8/c1-18(38)44-27-12-9-21(15-28(27)43-3)30(39)36-24-6-4-5-20(14-24)31(40)37-35-17-22-13-23(33)16-26(34)29(22)45-32(41)19-7-10-25(42-2)11-8-19/h4-17H,1-3H3,(H,36,39)(H,37,40). The maximum atomic E-state index is 12.9. The zero-order chi connectivity index (χ0) is 32.5. The van der Waals surface area contributed by atoms with E-state index < -0.39 is 23.8 Å². The average molecular weight is 739 g/mol. The maximum Gasteiger partial charge on any atom is 0.343 e. The van der Waals surface area contributed by atoms with E-state index >= 15 is 0 Å². The van der Waals surface area contributed by atoms with E-state index in [0.29, 0.717) is 31.5 Å². The molecule has 13 heteroatoms. The summed E-state index contributed by atoms with van der Waals surface area (Å²) in [5.41, 5.74) is 3.95. The van der Waals surface area contributed by atoms with Crippen LogP contribution in [0.3, 0.4) is 0 Å². The van der Waals surface area contributed by atoms with Gasteiger partial charge in [-0.2, -0.15) is 5.10 Å². The molecule has 0 aromatic heterocycles. The number of methoxy groups -OCH3 is 2. The van der Waals surface area contributed by atoms with Crippen LogP contribution in [-0.2, 0) is 4.79 Å². The second-order valence-electron chi connectivity index (χ2n) is 9.12. The molecule has 4 rings (SSSR count). The van der Waals surface area contributed by atoms with Crippen LogP contribution in [0.15, 0.2) is 92.9 Å². The molecule has 0 heterocycles. The van der Waals surface area contributed by atoms with Crippen molar-refractivity contribution in [1.29, 1.82) is 0 Å². The molecule has 0 spiro atoms. The van der Waals surface area contributed by atoms with Gasteiger partial charge in [-0.15, -0.1) is 0 Å². The van der Waals surface area contributed by atoms with Crippen LogP contribution in [0.5, 0.6) is 23.0 Å². The minimum absolute atomic E-state index is 0.179. The van der Waals surface area contributed by atoms with Crippen molar-refractivity contribution in [3.8, 4) is 23.0 Å². The van der Waals surface area contributed by atoms with Crippen LogP contribution in [0.1, 0.15) is 43.6 Å². The first kappa shape index (κ1) is 32.9. The molecule has 2 amide bonds. The number of amides is 2. The first-order valence-corrected chi connectivity index (χ1v) is 14.6. The fourth-order valence-electron chi connectivity index (χ4n) is 3.88. The van der Waals surface area contributed by atoms with Gasteiger partial charge >= 0.3 is 11.9 Å². The Hall–Kier alpha value is -5.01. The average Bonchev–Trinajstić information content (AvgIpc) is 3.02. The second-order valence-corrected chi connectivity index (χ2v) is 10.9. The van der Waals surface area contributed by atoms with Crippen molar-refractivity contribution in [3.63, 3.8) is 0 Å². The van der Waals surface area contributed by atoms with Crippen molar-refractivity contribution >= 4 is 67.5 Å². The Morgan fingerprint density at radius 1 is 0.756 bits per heavy atom. The summed E-state index contributed by atoms with van der Waals surface area (Å²) in [7, 11) is 2.92. The normalized spacial score (nSPS) is 10.6. The third-order valence-electron chi connectivity index (χ3n) is 5.99. The first-order chi connectivity index (χ1) is 21.6. The predicted molar refractivity (Wildman–Crippen MR) is 174 cm³/mol. The summed E-state index contributed by atoms with van der Waals surface area (Å²) in [6.07, 6.45) is 1.34. The number of benzene rings is 4. The van der Waals surface area contributed by atoms with E-state index in [9.17, 15) is 19.2 Å². The molecule has 0 aliphatic carbocycles. The molecule has 0 unspecified atom stereocenters. The lowest BCUT2D eigenvalue weighted by molar-refractivity contribution is -0.132. The Morgan fingerprint density at radius 2 is 1.47 bits per heavy atom. The van der Waals surface area contributed by atoms with Crippen molar-refractivity contribution in [1.82, 2.24) is 5.43 Å². The number of hydrogen-bond acceptors (Lipinski definition) is 9. The molecule has 230 valence electrons. The highest BCUT2D eigenvalue weighted by Crippen LogP contribution is 2.33. The van der Waals surface area contributed by atoms with E-state index in [1.54, 1.807) is 54.6 Å². The van der Waals surface area contributed by atoms with Gasteiger partial charge in [-0.05, 0) is 88.7 Å². The number of ether oxygens (including phenoxy) is 4. The van der Waals surface area contributed by atoms with Gasteiger partial charge in [0.05, 0.1) is 30.5 Å². The smallest absolute Gasteiger partial charge is 0.343 e. The number of carbonyl (C=O) groups excluding carboxylic acids is 4. The maximum absolute atomic E-state index is 12.9. The number of halogens is 2. The summed E-state index contributed by atoms with van der Waals surface area (Å²) >= 11 is 6.81. The monoisotopic (exact) mass is 737 g/mol. The minimum atomic E-state index is -0.600. The number of carbonyl (C=O) groups is 4. The van der Waals surface area contributed by atoms with Crippen molar-refractivity contribution in [2.24, 2.45) is 5.10 Å². The quantitative estimate of drug-likeness (QED) is 0.0826. The number of rotatable bonds is 10. The highest BCUT2D eigenvalue weighted by molar-refractivity contribution is 9.11. The number of nitrogens with zero attached hydrogens (tertiary/aromatic N) is 1. The summed E-state index contributed by atoms with van der Waals surface area (Å²) in [5.74, 6) is -0.977. The molecule has 0 bridgehead atoms. The zero-order valence-corrected chi connectivity index (χ0v) is 27.2. The van der Waals surface area contributed by atoms with Crippen LogP contribution in [0.4, 0.5) is 5.69 Å². The molecule has 0 saturated heterocycles. The van der Waals surface area contributed by atoms with Crippen molar-refractivity contribution in [2.75, 3.05) is 19.5 Å². The largest absolute Gasteiger partial charge is 0.497 e. The van der Waals surface area contributed by atoms with Crippen LogP contribution in [0, 0.1) is 0 Å². The molecule has 4 aromatic carbocycles. The molecule has 45 heavy (non-hydrogen) atoms. The van der Waals surface area contributed by atoms with Crippen LogP contribution in [0.2, 0.25) is 0 Å². The molecule has 0 fully saturated rings. The molecule has 0 aliphatic heterocycles. The van der Waals surface area contributed by atoms with E-state index in [2.05, 4.69) is 47.7 Å². The third-order valence-corrected chi connectivity index (χ3v) is 7.04. The van der Waals surface area contributed by atoms with Gasteiger partial charge in [-0.25, -0.2) is 10.2 Å². The van der Waals surface area contributed by atoms with Crippen molar-refractivity contribution in [2.45, 2.75) is 6.92 Å². The molecule has 11 nitrogen and oxygen atoms in total. The predicted octanol–water partition coefficient (Wildman–Crippen LogP) is 6.39. The minimum Gasteiger partial charge on any atom is -0.497 e. The van der Waals surface area contributed by atoms with E-state index in [1.165, 1.54) is 51.6 Å². The number of esters is 2. The number of anilines is 1. The lowest BCUT2D eigenvalue weighted by Crippen LogP contribution is -2.18. The molecule has 2 N–H and O–H groups in total. The van der Waals surface area contributed by atoms with Gasteiger partial charge in [0.2, 0.25) is 0 Å². The molecular formula is C32H25Br2N3O8. The Labute approximate surface area is 274 Å². The first-order valence-electron chi connectivity index (χ1n) is 13.0. The van der Waals surface area contributed by atoms with Gasteiger partial charge in [-0.1, -0.05) is 22.0 Å². The highest BCUT2D eigenvalue weighted by Gasteiger charge is 2.17. The van der Waals surface area contributed by atoms with E-state index in [0.717, 1.165) is 0 Å². The SMILES string of the molecule is COc1ccc(C(=O)Oc2c(Br)cc(Br)cc2C=NNC(=O)c2cccc(NC(=O)c3ccc(OC(C)=O)c(OC)c3)c2)cc1. The van der Waals surface area contributed by atoms with E-state index in [-0.39, 0.29) is 28.4 Å². The highest BCUT2D eigenvalue weighted by atomic mass is 79.9. The van der Waals surface area contributed by atoms with Crippen LogP contribution < -0.4 is 29.7 Å². The lowest BCUT2D eigenvalue weighted by atomic mass is 10.1. The van der Waals surface area contributed by atoms with Gasteiger partial charge in [0.1, 0.15) is 5.75 Å². The second kappa shape index (κ2) is 15.1. The Kier molecular flexibility index (Phi) is 11.1. The van der Waals surface area contributed by atoms with Gasteiger partial charge in [0.25, 0.3) is 11.8 Å². The Bertz CT molecular complexity index is 1790. The summed E-state index contributed by atoms with van der Waals surface area (Å²) in [4.78, 5) is 49.8. The molecule has 4 aromatic rings. The van der Waals surface area contributed by atoms with Gasteiger partial charge in [0, 0.05) is 33.8 Å². The molecule has 0 aliphatic rings. The molecular weight excluding hydrogens is 714 g/mol. The fourth-order valence-corrected chi connectivity index (χ4v) is 5.22. The van der Waals surface area contributed by atoms with Crippen molar-refractivity contribution in [3.05, 3.63) is 110 Å². The van der Waals surface area contributed by atoms with Crippen LogP contribution in [0.25, 0.3) is 0 Å². The summed E-state index contributed by atoms with van der Waals surface area (Å²) < 4.78 is 22.2. The van der Waals surface area contributed by atoms with E-state index in [1.807, 2.05) is 0 Å². The lowest BCUT2D eigenvalue weighted by Gasteiger charge is -2.11. The summed E-state index contributed by atoms with van der Waals surface area (Å²) in [6, 6.07) is 20.4. The Morgan fingerprint density at radius 3 is 2.16 bits per heavy atom. The Balaban J connectivity index is 1.44. The van der Waals surface area contributed by atoms with Gasteiger partial charge in [0.15, 0.2) is 17.2 Å². The molecule has 0 atom stereocenters. The number of nitrogens with one attached hydrogen (secondary N) is 2. The third kappa shape index (κ3) is 8.77. The van der Waals surface area contributed by atoms with Gasteiger partial charge in [-0.3, -0.25) is 14.4 Å². The zero-order valence-electron chi connectivity index (χ0n) is 24.1. The summed E-state index contributed by atoms with van der Waals surface area (Å²) in [5, 5.41) is 6.76.